The van der Waals surface area contributed by atoms with Crippen molar-refractivity contribution >= 4 is 21.8 Å². The molecule has 2 saturated heterocycles. The van der Waals surface area contributed by atoms with E-state index in [1.807, 2.05) is 4.90 Å². The minimum absolute atomic E-state index is 0.0358. The van der Waals surface area contributed by atoms with Crippen molar-refractivity contribution in [3.63, 3.8) is 0 Å². The number of piperazine rings is 2. The smallest absolute Gasteiger partial charge is 0.253 e. The topological polar surface area (TPSA) is 81.2 Å². The molecule has 0 atom stereocenters. The van der Waals surface area contributed by atoms with Crippen molar-refractivity contribution in [2.45, 2.75) is 43.9 Å². The van der Waals surface area contributed by atoms with E-state index in [1.54, 1.807) is 17.0 Å². The van der Waals surface area contributed by atoms with Crippen molar-refractivity contribution in [1.29, 1.82) is 0 Å². The molecular weight excluding hydrogens is 440 g/mol. The molecule has 2 aliphatic heterocycles. The largest absolute Gasteiger partial charge is 0.340 e. The fourth-order valence-electron chi connectivity index (χ4n) is 5.21. The van der Waals surface area contributed by atoms with Gasteiger partial charge in [-0.25, -0.2) is 8.42 Å². The van der Waals surface area contributed by atoms with Crippen molar-refractivity contribution in [2.75, 3.05) is 58.9 Å². The fraction of sp³-hybridized carbons (Fsp3) is 0.667. The Morgan fingerprint density at radius 2 is 1.39 bits per heavy atom. The molecular formula is C24H36N4O4S. The number of hydrogen-bond donors (Lipinski definition) is 0. The van der Waals surface area contributed by atoms with Crippen LogP contribution in [0.5, 0.6) is 0 Å². The third kappa shape index (κ3) is 5.75. The van der Waals surface area contributed by atoms with E-state index in [0.29, 0.717) is 31.7 Å². The van der Waals surface area contributed by atoms with Gasteiger partial charge in [0.15, 0.2) is 0 Å². The quantitative estimate of drug-likeness (QED) is 0.648. The average Bonchev–Trinajstić information content (AvgIpc) is 2.85. The van der Waals surface area contributed by atoms with Gasteiger partial charge in [-0.3, -0.25) is 14.5 Å². The van der Waals surface area contributed by atoms with Crippen LogP contribution in [0, 0.1) is 5.92 Å². The van der Waals surface area contributed by atoms with Gasteiger partial charge in [0.25, 0.3) is 5.91 Å². The second kappa shape index (κ2) is 10.5. The van der Waals surface area contributed by atoms with Crippen molar-refractivity contribution < 1.29 is 18.0 Å². The molecule has 1 saturated carbocycles. The van der Waals surface area contributed by atoms with Crippen molar-refractivity contribution in [3.8, 4) is 0 Å². The molecule has 3 fully saturated rings. The molecule has 1 aliphatic carbocycles. The van der Waals surface area contributed by atoms with E-state index in [-0.39, 0.29) is 29.8 Å². The van der Waals surface area contributed by atoms with Crippen LogP contribution in [0.3, 0.4) is 0 Å². The average molecular weight is 477 g/mol. The first-order valence-corrected chi connectivity index (χ1v) is 13.7. The molecule has 2 amide bonds. The molecule has 182 valence electrons. The van der Waals surface area contributed by atoms with Gasteiger partial charge in [0.2, 0.25) is 15.9 Å². The summed E-state index contributed by atoms with van der Waals surface area (Å²) in [5.41, 5.74) is 0.524. The maximum Gasteiger partial charge on any atom is 0.253 e. The maximum absolute atomic E-state index is 13.0. The lowest BCUT2D eigenvalue weighted by Crippen LogP contribution is -2.50. The number of carbonyl (C=O) groups excluding carboxylic acids is 2. The third-order valence-corrected chi connectivity index (χ3v) is 9.24. The number of sulfonamides is 1. The highest BCUT2D eigenvalue weighted by atomic mass is 32.2. The predicted octanol–water partition coefficient (Wildman–Crippen LogP) is 1.88. The van der Waals surface area contributed by atoms with Gasteiger partial charge < -0.3 is 9.80 Å². The lowest BCUT2D eigenvalue weighted by Gasteiger charge is -2.37. The minimum atomic E-state index is -3.64. The van der Waals surface area contributed by atoms with Crippen LogP contribution in [0.2, 0.25) is 0 Å². The molecule has 9 heteroatoms. The zero-order chi connectivity index (χ0) is 23.4. The number of hydrogen-bond acceptors (Lipinski definition) is 5. The Labute approximate surface area is 197 Å². The minimum Gasteiger partial charge on any atom is -0.340 e. The van der Waals surface area contributed by atoms with Gasteiger partial charge in [-0.05, 0) is 43.0 Å². The number of benzene rings is 1. The number of nitrogens with zero attached hydrogens (tertiary/aromatic N) is 4. The van der Waals surface area contributed by atoms with Crippen LogP contribution in [0.1, 0.15) is 49.4 Å². The molecule has 8 nitrogen and oxygen atoms in total. The molecule has 0 unspecified atom stereocenters. The highest BCUT2D eigenvalue weighted by Crippen LogP contribution is 2.25. The van der Waals surface area contributed by atoms with E-state index in [9.17, 15) is 18.0 Å². The Morgan fingerprint density at radius 3 is 1.97 bits per heavy atom. The number of carbonyl (C=O) groups is 2. The van der Waals surface area contributed by atoms with E-state index < -0.39 is 10.0 Å². The molecule has 0 N–H and O–H groups in total. The summed E-state index contributed by atoms with van der Waals surface area (Å²) in [6.07, 6.45) is 6.74. The first-order chi connectivity index (χ1) is 15.8. The monoisotopic (exact) mass is 476 g/mol. The number of rotatable bonds is 5. The van der Waals surface area contributed by atoms with E-state index in [4.69, 9.17) is 0 Å². The highest BCUT2D eigenvalue weighted by molar-refractivity contribution is 7.89. The van der Waals surface area contributed by atoms with E-state index >= 15 is 0 Å². The number of amides is 2. The van der Waals surface area contributed by atoms with E-state index in [1.165, 1.54) is 55.5 Å². The molecule has 4 rings (SSSR count). The predicted molar refractivity (Wildman–Crippen MR) is 126 cm³/mol. The summed E-state index contributed by atoms with van der Waals surface area (Å²) in [6, 6.07) is 6.29. The summed E-state index contributed by atoms with van der Waals surface area (Å²) in [5.74, 6) is 0.733. The lowest BCUT2D eigenvalue weighted by atomic mass is 9.89. The van der Waals surface area contributed by atoms with Gasteiger partial charge in [0.05, 0.1) is 4.90 Å². The van der Waals surface area contributed by atoms with E-state index in [2.05, 4.69) is 4.90 Å². The first-order valence-electron chi connectivity index (χ1n) is 12.2. The Kier molecular flexibility index (Phi) is 7.71. The van der Waals surface area contributed by atoms with Crippen molar-refractivity contribution in [2.24, 2.45) is 5.92 Å². The van der Waals surface area contributed by atoms with E-state index in [0.717, 1.165) is 25.6 Å². The Hall–Kier alpha value is -1.97. The van der Waals surface area contributed by atoms with Gasteiger partial charge in [-0.15, -0.1) is 0 Å². The molecule has 33 heavy (non-hydrogen) atoms. The standard InChI is InChI=1S/C24H36N4O4S/c1-20(29)26-15-17-28(18-16-26)33(31,32)23-9-7-22(8-10-23)24(30)27-13-11-25(12-14-27)19-21-5-3-2-4-6-21/h7-10,21H,2-6,11-19H2,1H3. The van der Waals surface area contributed by atoms with Crippen LogP contribution in [0.15, 0.2) is 29.2 Å². The molecule has 1 aromatic rings. The van der Waals surface area contributed by atoms with Crippen LogP contribution >= 0.6 is 0 Å². The Bertz CT molecular complexity index is 928. The SMILES string of the molecule is CC(=O)N1CCN(S(=O)(=O)c2ccc(C(=O)N3CCN(CC4CCCCC4)CC3)cc2)CC1. The van der Waals surface area contributed by atoms with Gasteiger partial charge >= 0.3 is 0 Å². The van der Waals surface area contributed by atoms with Gasteiger partial charge in [-0.2, -0.15) is 4.31 Å². The molecule has 1 aromatic carbocycles. The van der Waals surface area contributed by atoms with Crippen LogP contribution in [0.4, 0.5) is 0 Å². The second-order valence-corrected chi connectivity index (χ2v) is 11.5. The Morgan fingerprint density at radius 1 is 0.818 bits per heavy atom. The first kappa shape index (κ1) is 24.2. The summed E-state index contributed by atoms with van der Waals surface area (Å²) in [5, 5.41) is 0. The van der Waals surface area contributed by atoms with Gasteiger partial charge in [-0.1, -0.05) is 19.3 Å². The zero-order valence-corrected chi connectivity index (χ0v) is 20.4. The lowest BCUT2D eigenvalue weighted by molar-refractivity contribution is -0.129. The molecule has 0 aromatic heterocycles. The highest BCUT2D eigenvalue weighted by Gasteiger charge is 2.30. The third-order valence-electron chi connectivity index (χ3n) is 7.32. The van der Waals surface area contributed by atoms with Gasteiger partial charge in [0.1, 0.15) is 0 Å². The summed E-state index contributed by atoms with van der Waals surface area (Å²) < 4.78 is 27.3. The Balaban J connectivity index is 1.30. The normalized spacial score (nSPS) is 21.8. The summed E-state index contributed by atoms with van der Waals surface area (Å²) >= 11 is 0. The van der Waals surface area contributed by atoms with Crippen molar-refractivity contribution in [1.82, 2.24) is 19.0 Å². The van der Waals surface area contributed by atoms with Crippen LogP contribution in [0.25, 0.3) is 0 Å². The second-order valence-electron chi connectivity index (χ2n) is 9.53. The van der Waals surface area contributed by atoms with Gasteiger partial charge in [0, 0.05) is 71.4 Å². The maximum atomic E-state index is 13.0. The van der Waals surface area contributed by atoms with Crippen LogP contribution < -0.4 is 0 Å². The molecule has 0 radical (unpaired) electrons. The zero-order valence-electron chi connectivity index (χ0n) is 19.6. The van der Waals surface area contributed by atoms with Crippen LogP contribution in [-0.2, 0) is 14.8 Å². The molecule has 0 bridgehead atoms. The molecule has 0 spiro atoms. The summed E-state index contributed by atoms with van der Waals surface area (Å²) in [6.45, 7) is 7.25. The van der Waals surface area contributed by atoms with Crippen LogP contribution in [-0.4, -0.2) is 98.1 Å². The fourth-order valence-corrected chi connectivity index (χ4v) is 6.64. The summed E-state index contributed by atoms with van der Waals surface area (Å²) in [7, 11) is -3.64. The molecule has 2 heterocycles. The molecule has 3 aliphatic rings. The summed E-state index contributed by atoms with van der Waals surface area (Å²) in [4.78, 5) is 30.7. The van der Waals surface area contributed by atoms with Crippen molar-refractivity contribution in [3.05, 3.63) is 29.8 Å².